The molecule has 0 aliphatic heterocycles. The third-order valence-corrected chi connectivity index (χ3v) is 2.82. The average Bonchev–Trinajstić information content (AvgIpc) is 2.63. The molecule has 0 radical (unpaired) electrons. The van der Waals surface area contributed by atoms with E-state index in [4.69, 9.17) is 0 Å². The SMILES string of the molecule is CCc1nn(C)c(N(C)CCC(C)O)c1[N+](=O)[O-]. The first kappa shape index (κ1) is 14.4. The van der Waals surface area contributed by atoms with Gasteiger partial charge in [-0.1, -0.05) is 6.92 Å². The monoisotopic (exact) mass is 256 g/mol. The Morgan fingerprint density at radius 2 is 2.22 bits per heavy atom. The molecule has 0 amide bonds. The molecule has 1 N–H and O–H groups in total. The van der Waals surface area contributed by atoms with Crippen LogP contribution in [0.15, 0.2) is 0 Å². The smallest absolute Gasteiger partial charge is 0.334 e. The van der Waals surface area contributed by atoms with Gasteiger partial charge in [-0.05, 0) is 19.8 Å². The number of hydrogen-bond acceptors (Lipinski definition) is 5. The topological polar surface area (TPSA) is 84.4 Å². The van der Waals surface area contributed by atoms with Gasteiger partial charge in [-0.15, -0.1) is 0 Å². The van der Waals surface area contributed by atoms with Gasteiger partial charge >= 0.3 is 5.69 Å². The van der Waals surface area contributed by atoms with Crippen molar-refractivity contribution in [1.29, 1.82) is 0 Å². The van der Waals surface area contributed by atoms with Crippen LogP contribution < -0.4 is 4.90 Å². The van der Waals surface area contributed by atoms with Crippen molar-refractivity contribution in [3.05, 3.63) is 15.8 Å². The summed E-state index contributed by atoms with van der Waals surface area (Å²) in [6.07, 6.45) is 0.652. The minimum Gasteiger partial charge on any atom is -0.393 e. The Morgan fingerprint density at radius 3 is 2.67 bits per heavy atom. The third kappa shape index (κ3) is 2.98. The fraction of sp³-hybridized carbons (Fsp3) is 0.727. The molecular weight excluding hydrogens is 236 g/mol. The van der Waals surface area contributed by atoms with E-state index in [1.165, 1.54) is 4.68 Å². The molecule has 0 bridgehead atoms. The van der Waals surface area contributed by atoms with Crippen molar-refractivity contribution in [2.75, 3.05) is 18.5 Å². The molecule has 0 spiro atoms. The molecule has 0 aliphatic carbocycles. The van der Waals surface area contributed by atoms with Gasteiger partial charge in [-0.2, -0.15) is 5.10 Å². The van der Waals surface area contributed by atoms with E-state index >= 15 is 0 Å². The first-order chi connectivity index (χ1) is 8.38. The third-order valence-electron chi connectivity index (χ3n) is 2.82. The lowest BCUT2D eigenvalue weighted by Crippen LogP contribution is -2.24. The quantitative estimate of drug-likeness (QED) is 0.608. The lowest BCUT2D eigenvalue weighted by Gasteiger charge is -2.18. The van der Waals surface area contributed by atoms with Crippen LogP contribution in [-0.4, -0.2) is 39.5 Å². The fourth-order valence-corrected chi connectivity index (χ4v) is 1.90. The van der Waals surface area contributed by atoms with Crippen molar-refractivity contribution in [3.8, 4) is 0 Å². The molecular formula is C11H20N4O3. The van der Waals surface area contributed by atoms with Crippen molar-refractivity contribution < 1.29 is 10.0 Å². The summed E-state index contributed by atoms with van der Waals surface area (Å²) in [5, 5.41) is 24.6. The molecule has 1 rings (SSSR count). The minimum atomic E-state index is -0.426. The van der Waals surface area contributed by atoms with Crippen LogP contribution in [0.2, 0.25) is 0 Å². The highest BCUT2D eigenvalue weighted by Crippen LogP contribution is 2.31. The first-order valence-electron chi connectivity index (χ1n) is 5.97. The van der Waals surface area contributed by atoms with Gasteiger partial charge in [0.1, 0.15) is 5.69 Å². The zero-order valence-electron chi connectivity index (χ0n) is 11.3. The van der Waals surface area contributed by atoms with Gasteiger partial charge < -0.3 is 10.0 Å². The normalized spacial score (nSPS) is 12.5. The summed E-state index contributed by atoms with van der Waals surface area (Å²) in [4.78, 5) is 12.5. The highest BCUT2D eigenvalue weighted by Gasteiger charge is 2.27. The predicted molar refractivity (Wildman–Crippen MR) is 68.8 cm³/mol. The molecule has 1 atom stereocenters. The van der Waals surface area contributed by atoms with Crippen LogP contribution in [0.5, 0.6) is 0 Å². The molecule has 7 nitrogen and oxygen atoms in total. The Hall–Kier alpha value is -1.63. The van der Waals surface area contributed by atoms with Crippen LogP contribution in [-0.2, 0) is 13.5 Å². The number of aryl methyl sites for hydroxylation is 2. The number of hydrogen-bond donors (Lipinski definition) is 1. The molecule has 1 heterocycles. The lowest BCUT2D eigenvalue weighted by atomic mass is 10.2. The molecule has 18 heavy (non-hydrogen) atoms. The Morgan fingerprint density at radius 1 is 1.61 bits per heavy atom. The van der Waals surface area contributed by atoms with Crippen LogP contribution in [0.25, 0.3) is 0 Å². The van der Waals surface area contributed by atoms with Crippen molar-refractivity contribution in [2.24, 2.45) is 7.05 Å². The second kappa shape index (κ2) is 5.81. The fourth-order valence-electron chi connectivity index (χ4n) is 1.90. The largest absolute Gasteiger partial charge is 0.393 e. The van der Waals surface area contributed by atoms with Gasteiger partial charge in [0.05, 0.1) is 11.0 Å². The highest BCUT2D eigenvalue weighted by molar-refractivity contribution is 5.61. The van der Waals surface area contributed by atoms with Gasteiger partial charge in [-0.3, -0.25) is 10.1 Å². The molecule has 1 unspecified atom stereocenters. The van der Waals surface area contributed by atoms with Crippen LogP contribution in [0, 0.1) is 10.1 Å². The van der Waals surface area contributed by atoms with Gasteiger partial charge in [0, 0.05) is 20.6 Å². The highest BCUT2D eigenvalue weighted by atomic mass is 16.6. The number of aliphatic hydroxyl groups excluding tert-OH is 1. The Kier molecular flexibility index (Phi) is 4.66. The van der Waals surface area contributed by atoms with Gasteiger partial charge in [-0.25, -0.2) is 4.68 Å². The van der Waals surface area contributed by atoms with Crippen LogP contribution >= 0.6 is 0 Å². The Bertz CT molecular complexity index is 428. The molecule has 1 aromatic heterocycles. The maximum atomic E-state index is 11.1. The zero-order chi connectivity index (χ0) is 13.9. The molecule has 0 aromatic carbocycles. The van der Waals surface area contributed by atoms with E-state index in [0.29, 0.717) is 30.9 Å². The molecule has 7 heteroatoms. The van der Waals surface area contributed by atoms with Crippen LogP contribution in [0.1, 0.15) is 26.0 Å². The summed E-state index contributed by atoms with van der Waals surface area (Å²) < 4.78 is 1.53. The van der Waals surface area contributed by atoms with Gasteiger partial charge in [0.2, 0.25) is 5.82 Å². The zero-order valence-corrected chi connectivity index (χ0v) is 11.3. The molecule has 102 valence electrons. The summed E-state index contributed by atoms with van der Waals surface area (Å²) in [5.74, 6) is 0.484. The van der Waals surface area contributed by atoms with Crippen molar-refractivity contribution >= 4 is 11.5 Å². The van der Waals surface area contributed by atoms with Crippen molar-refractivity contribution in [2.45, 2.75) is 32.8 Å². The summed E-state index contributed by atoms with van der Waals surface area (Å²) in [6, 6.07) is 0. The van der Waals surface area contributed by atoms with E-state index in [2.05, 4.69) is 5.10 Å². The number of nitrogens with zero attached hydrogens (tertiary/aromatic N) is 4. The molecule has 0 saturated carbocycles. The maximum Gasteiger partial charge on any atom is 0.334 e. The van der Waals surface area contributed by atoms with Gasteiger partial charge in [0.15, 0.2) is 0 Å². The van der Waals surface area contributed by atoms with Crippen LogP contribution in [0.3, 0.4) is 0 Å². The van der Waals surface area contributed by atoms with E-state index < -0.39 is 6.10 Å². The summed E-state index contributed by atoms with van der Waals surface area (Å²) in [7, 11) is 3.46. The second-order valence-electron chi connectivity index (χ2n) is 4.41. The number of aromatic nitrogens is 2. The van der Waals surface area contributed by atoms with Crippen molar-refractivity contribution in [3.63, 3.8) is 0 Å². The molecule has 0 saturated heterocycles. The second-order valence-corrected chi connectivity index (χ2v) is 4.41. The Balaban J connectivity index is 3.06. The molecule has 0 aliphatic rings. The standard InChI is InChI=1S/C11H20N4O3/c1-5-9-10(15(17)18)11(14(4)12-9)13(3)7-6-8(2)16/h8,16H,5-7H2,1-4H3. The van der Waals surface area contributed by atoms with Gasteiger partial charge in [0.25, 0.3) is 0 Å². The Labute approximate surface area is 106 Å². The van der Waals surface area contributed by atoms with E-state index in [9.17, 15) is 15.2 Å². The number of rotatable bonds is 6. The average molecular weight is 256 g/mol. The van der Waals surface area contributed by atoms with E-state index in [0.717, 1.165) is 0 Å². The minimum absolute atomic E-state index is 0.0630. The number of aliphatic hydroxyl groups is 1. The molecule has 0 fully saturated rings. The lowest BCUT2D eigenvalue weighted by molar-refractivity contribution is -0.384. The summed E-state index contributed by atoms with van der Waals surface area (Å²) >= 11 is 0. The summed E-state index contributed by atoms with van der Waals surface area (Å²) in [6.45, 7) is 4.08. The van der Waals surface area contributed by atoms with E-state index in [1.54, 1.807) is 25.9 Å². The summed E-state index contributed by atoms with van der Waals surface area (Å²) in [5.41, 5.74) is 0.550. The number of anilines is 1. The molecule has 1 aromatic rings. The maximum absolute atomic E-state index is 11.1. The number of nitro groups is 1. The van der Waals surface area contributed by atoms with E-state index in [-0.39, 0.29) is 10.6 Å². The van der Waals surface area contributed by atoms with E-state index in [1.807, 2.05) is 6.92 Å². The first-order valence-corrected chi connectivity index (χ1v) is 5.97. The van der Waals surface area contributed by atoms with Crippen molar-refractivity contribution in [1.82, 2.24) is 9.78 Å². The predicted octanol–water partition coefficient (Wildman–Crippen LogP) is 1.10. The van der Waals surface area contributed by atoms with Crippen LogP contribution in [0.4, 0.5) is 11.5 Å².